The fourth-order valence-electron chi connectivity index (χ4n) is 2.92. The molecule has 1 aromatic heterocycles. The zero-order valence-electron chi connectivity index (χ0n) is 17.1. The molecule has 0 spiro atoms. The lowest BCUT2D eigenvalue weighted by atomic mass is 10.1. The summed E-state index contributed by atoms with van der Waals surface area (Å²) in [6.45, 7) is 4.58. The van der Waals surface area contributed by atoms with Crippen LogP contribution in [0.2, 0.25) is 0 Å². The minimum atomic E-state index is -5.06. The number of imidazole rings is 1. The van der Waals surface area contributed by atoms with Gasteiger partial charge in [0.05, 0.1) is 12.9 Å². The van der Waals surface area contributed by atoms with E-state index in [1.807, 2.05) is 4.57 Å². The normalized spacial score (nSPS) is 17.6. The average Bonchev–Trinajstić information content (AvgIpc) is 3.15. The van der Waals surface area contributed by atoms with E-state index in [0.29, 0.717) is 17.9 Å². The van der Waals surface area contributed by atoms with E-state index >= 15 is 0 Å². The van der Waals surface area contributed by atoms with Crippen LogP contribution in [-0.4, -0.2) is 81.3 Å². The molecule has 9 nitrogen and oxygen atoms in total. The van der Waals surface area contributed by atoms with Crippen molar-refractivity contribution in [2.45, 2.75) is 51.6 Å². The van der Waals surface area contributed by atoms with E-state index < -0.39 is 42.3 Å². The lowest BCUT2D eigenvalue weighted by Crippen LogP contribution is -2.63. The van der Waals surface area contributed by atoms with Gasteiger partial charge in [-0.25, -0.2) is 9.78 Å². The Bertz CT molecular complexity index is 746. The Kier molecular flexibility index (Phi) is 7.32. The quantitative estimate of drug-likeness (QED) is 0.708. The number of rotatable bonds is 5. The van der Waals surface area contributed by atoms with E-state index in [0.717, 1.165) is 4.90 Å². The third-order valence-electron chi connectivity index (χ3n) is 4.29. The van der Waals surface area contributed by atoms with Crippen LogP contribution in [0.5, 0.6) is 0 Å². The molecule has 1 atom stereocenters. The Labute approximate surface area is 172 Å². The second-order valence-electron chi connectivity index (χ2n) is 7.88. The predicted molar refractivity (Wildman–Crippen MR) is 99.2 cm³/mol. The number of aromatic nitrogens is 2. The van der Waals surface area contributed by atoms with Crippen LogP contribution in [0.25, 0.3) is 0 Å². The number of alkyl halides is 3. The highest BCUT2D eigenvalue weighted by atomic mass is 19.4. The van der Waals surface area contributed by atoms with E-state index in [2.05, 4.69) is 10.3 Å². The van der Waals surface area contributed by atoms with E-state index in [4.69, 9.17) is 4.74 Å². The molecule has 1 fully saturated rings. The number of ether oxygens (including phenoxy) is 1. The molecule has 1 aromatic rings. The molecule has 0 radical (unpaired) electrons. The minimum Gasteiger partial charge on any atom is -0.444 e. The van der Waals surface area contributed by atoms with Gasteiger partial charge >= 0.3 is 18.2 Å². The highest BCUT2D eigenvalue weighted by molar-refractivity contribution is 5.88. The third kappa shape index (κ3) is 6.63. The van der Waals surface area contributed by atoms with Gasteiger partial charge in [-0.15, -0.1) is 0 Å². The summed E-state index contributed by atoms with van der Waals surface area (Å²) in [5.74, 6) is -2.68. The molecule has 2 rings (SSSR count). The molecule has 30 heavy (non-hydrogen) atoms. The van der Waals surface area contributed by atoms with Crippen molar-refractivity contribution >= 4 is 17.9 Å². The fourth-order valence-corrected chi connectivity index (χ4v) is 2.92. The summed E-state index contributed by atoms with van der Waals surface area (Å²) >= 11 is 0. The molecular formula is C18H26F3N5O4. The SMILES string of the molecule is CC(C)(C)OC(=O)N1CCN(C(=O)C(F)(F)F)C[C@@H]1C(=O)NCCCn1ccnc1. The fraction of sp³-hybridized carbons (Fsp3) is 0.667. The van der Waals surface area contributed by atoms with Gasteiger partial charge < -0.3 is 19.5 Å². The first-order valence-electron chi connectivity index (χ1n) is 9.47. The molecule has 0 bridgehead atoms. The van der Waals surface area contributed by atoms with Crippen molar-refractivity contribution in [3.63, 3.8) is 0 Å². The average molecular weight is 433 g/mol. The molecule has 12 heteroatoms. The van der Waals surface area contributed by atoms with Gasteiger partial charge in [0.2, 0.25) is 5.91 Å². The van der Waals surface area contributed by atoms with Gasteiger partial charge in [-0.05, 0) is 27.2 Å². The molecule has 1 aliphatic rings. The van der Waals surface area contributed by atoms with Gasteiger partial charge in [0.1, 0.15) is 11.6 Å². The van der Waals surface area contributed by atoms with E-state index in [-0.39, 0.29) is 19.6 Å². The smallest absolute Gasteiger partial charge is 0.444 e. The lowest BCUT2D eigenvalue weighted by Gasteiger charge is -2.40. The molecule has 1 aliphatic heterocycles. The molecule has 0 aliphatic carbocycles. The highest BCUT2D eigenvalue weighted by Gasteiger charge is 2.47. The summed E-state index contributed by atoms with van der Waals surface area (Å²) in [7, 11) is 0. The van der Waals surface area contributed by atoms with Crippen molar-refractivity contribution in [2.75, 3.05) is 26.2 Å². The lowest BCUT2D eigenvalue weighted by molar-refractivity contribution is -0.188. The predicted octanol–water partition coefficient (Wildman–Crippen LogP) is 1.40. The van der Waals surface area contributed by atoms with Crippen LogP contribution in [0.15, 0.2) is 18.7 Å². The second kappa shape index (κ2) is 9.35. The summed E-state index contributed by atoms with van der Waals surface area (Å²) in [6.07, 6.45) is -0.334. The summed E-state index contributed by atoms with van der Waals surface area (Å²) < 4.78 is 45.5. The van der Waals surface area contributed by atoms with Crippen LogP contribution < -0.4 is 5.32 Å². The van der Waals surface area contributed by atoms with Crippen LogP contribution >= 0.6 is 0 Å². The monoisotopic (exact) mass is 433 g/mol. The maximum absolute atomic E-state index is 12.8. The number of piperazine rings is 1. The number of halogens is 3. The Morgan fingerprint density at radius 3 is 2.47 bits per heavy atom. The Morgan fingerprint density at radius 2 is 1.90 bits per heavy atom. The first-order chi connectivity index (χ1) is 13.9. The van der Waals surface area contributed by atoms with Gasteiger partial charge in [-0.2, -0.15) is 13.2 Å². The van der Waals surface area contributed by atoms with Gasteiger partial charge in [-0.1, -0.05) is 0 Å². The van der Waals surface area contributed by atoms with Crippen molar-refractivity contribution < 1.29 is 32.3 Å². The largest absolute Gasteiger partial charge is 0.471 e. The maximum atomic E-state index is 12.8. The highest BCUT2D eigenvalue weighted by Crippen LogP contribution is 2.22. The van der Waals surface area contributed by atoms with E-state index in [1.165, 1.54) is 0 Å². The maximum Gasteiger partial charge on any atom is 0.471 e. The topological polar surface area (TPSA) is 96.8 Å². The van der Waals surface area contributed by atoms with Crippen LogP contribution in [0.4, 0.5) is 18.0 Å². The zero-order valence-corrected chi connectivity index (χ0v) is 17.1. The van der Waals surface area contributed by atoms with Crippen molar-refractivity contribution in [1.82, 2.24) is 24.7 Å². The van der Waals surface area contributed by atoms with Crippen LogP contribution in [0.1, 0.15) is 27.2 Å². The third-order valence-corrected chi connectivity index (χ3v) is 4.29. The number of carbonyl (C=O) groups excluding carboxylic acids is 3. The molecule has 1 saturated heterocycles. The Morgan fingerprint density at radius 1 is 1.20 bits per heavy atom. The summed E-state index contributed by atoms with van der Waals surface area (Å²) in [4.78, 5) is 42.2. The molecule has 0 unspecified atom stereocenters. The number of hydrogen-bond donors (Lipinski definition) is 1. The number of carbonyl (C=O) groups is 3. The second-order valence-corrected chi connectivity index (χ2v) is 7.88. The number of amides is 3. The first kappa shape index (κ1) is 23.5. The van der Waals surface area contributed by atoms with Crippen LogP contribution in [0.3, 0.4) is 0 Å². The summed E-state index contributed by atoms with van der Waals surface area (Å²) in [5, 5.41) is 2.62. The van der Waals surface area contributed by atoms with Crippen molar-refractivity contribution in [3.8, 4) is 0 Å². The Balaban J connectivity index is 2.04. The molecule has 3 amide bonds. The molecule has 2 heterocycles. The van der Waals surface area contributed by atoms with Crippen molar-refractivity contribution in [1.29, 1.82) is 0 Å². The van der Waals surface area contributed by atoms with Gasteiger partial charge in [0.25, 0.3) is 0 Å². The van der Waals surface area contributed by atoms with Crippen molar-refractivity contribution in [2.24, 2.45) is 0 Å². The molecule has 1 N–H and O–H groups in total. The molecule has 0 saturated carbocycles. The van der Waals surface area contributed by atoms with Crippen molar-refractivity contribution in [3.05, 3.63) is 18.7 Å². The minimum absolute atomic E-state index is 0.239. The summed E-state index contributed by atoms with van der Waals surface area (Å²) in [5.41, 5.74) is -0.845. The summed E-state index contributed by atoms with van der Waals surface area (Å²) in [6, 6.07) is -1.28. The number of nitrogens with one attached hydrogen (secondary N) is 1. The van der Waals surface area contributed by atoms with Gasteiger partial charge in [0, 0.05) is 38.6 Å². The molecule has 168 valence electrons. The number of aryl methyl sites for hydroxylation is 1. The Hall–Kier alpha value is -2.79. The van der Waals surface area contributed by atoms with E-state index in [1.54, 1.807) is 39.5 Å². The van der Waals surface area contributed by atoms with Gasteiger partial charge in [0.15, 0.2) is 0 Å². The molecular weight excluding hydrogens is 407 g/mol. The first-order valence-corrected chi connectivity index (χ1v) is 9.47. The van der Waals surface area contributed by atoms with Crippen LogP contribution in [-0.2, 0) is 20.9 Å². The number of hydrogen-bond acceptors (Lipinski definition) is 5. The number of nitrogens with zero attached hydrogens (tertiary/aromatic N) is 4. The molecule has 0 aromatic carbocycles. The van der Waals surface area contributed by atoms with Crippen LogP contribution in [0, 0.1) is 0 Å². The zero-order chi connectivity index (χ0) is 22.5. The standard InChI is InChI=1S/C18H26F3N5O4/c1-17(2,3)30-16(29)26-10-9-25(15(28)18(19,20)21)11-13(26)14(27)23-5-4-7-24-8-6-22-12-24/h6,8,12-13H,4-5,7,9-11H2,1-3H3,(H,23,27)/t13-/m1/s1. The van der Waals surface area contributed by atoms with Gasteiger partial charge in [-0.3, -0.25) is 14.5 Å². The van der Waals surface area contributed by atoms with E-state index in [9.17, 15) is 27.6 Å².